The standard InChI is InChI=1S/C24H27FN6O2S/c1-33-22-5-3-19-23(30-22)15(6-9-26-19)7-10-31-11-8-18(17(25)13-31)27-12-16-2-4-20-24(28-16)29-21(32)14-34-20/h2-6,9,17-18,27H,7-8,10-14H2,1H3,(H,28,29,32)/t17?,18-/m0/s1. The molecule has 1 fully saturated rings. The van der Waals surface area contributed by atoms with Crippen LogP contribution in [-0.4, -0.2) is 70.5 Å². The Kier molecular flexibility index (Phi) is 6.89. The van der Waals surface area contributed by atoms with E-state index in [2.05, 4.69) is 30.5 Å². The molecule has 1 amide bonds. The summed E-state index contributed by atoms with van der Waals surface area (Å²) in [7, 11) is 1.60. The van der Waals surface area contributed by atoms with Crippen LogP contribution in [0.2, 0.25) is 0 Å². The molecule has 10 heteroatoms. The molecule has 2 aliphatic rings. The molecule has 3 aromatic rings. The molecule has 3 aromatic heterocycles. The first-order valence-electron chi connectivity index (χ1n) is 11.4. The summed E-state index contributed by atoms with van der Waals surface area (Å²) in [4.78, 5) is 28.2. The summed E-state index contributed by atoms with van der Waals surface area (Å²) < 4.78 is 20.2. The molecule has 178 valence electrons. The van der Waals surface area contributed by atoms with E-state index in [1.165, 1.54) is 11.8 Å². The summed E-state index contributed by atoms with van der Waals surface area (Å²) in [6.07, 6.45) is 2.32. The molecule has 34 heavy (non-hydrogen) atoms. The van der Waals surface area contributed by atoms with Crippen LogP contribution in [0, 0.1) is 0 Å². The molecule has 0 saturated carbocycles. The summed E-state index contributed by atoms with van der Waals surface area (Å²) in [6.45, 7) is 2.44. The Balaban J connectivity index is 1.14. The van der Waals surface area contributed by atoms with Gasteiger partial charge in [-0.2, -0.15) is 0 Å². The number of ether oxygens (including phenoxy) is 1. The van der Waals surface area contributed by atoms with Crippen LogP contribution >= 0.6 is 11.8 Å². The number of nitrogens with zero attached hydrogens (tertiary/aromatic N) is 4. The zero-order valence-corrected chi connectivity index (χ0v) is 19.8. The van der Waals surface area contributed by atoms with Gasteiger partial charge in [0.1, 0.15) is 12.0 Å². The second kappa shape index (κ2) is 10.2. The quantitative estimate of drug-likeness (QED) is 0.531. The number of pyridine rings is 3. The first-order valence-corrected chi connectivity index (χ1v) is 12.4. The fraction of sp³-hybridized carbons (Fsp3) is 0.417. The number of carbonyl (C=O) groups is 1. The van der Waals surface area contributed by atoms with Gasteiger partial charge in [-0.15, -0.1) is 11.8 Å². The van der Waals surface area contributed by atoms with Crippen LogP contribution in [0.1, 0.15) is 17.7 Å². The van der Waals surface area contributed by atoms with E-state index in [0.29, 0.717) is 30.5 Å². The van der Waals surface area contributed by atoms with Crippen molar-refractivity contribution >= 4 is 34.5 Å². The highest BCUT2D eigenvalue weighted by Crippen LogP contribution is 2.29. The van der Waals surface area contributed by atoms with Gasteiger partial charge in [0.25, 0.3) is 0 Å². The van der Waals surface area contributed by atoms with Gasteiger partial charge in [0.05, 0.1) is 34.5 Å². The van der Waals surface area contributed by atoms with Gasteiger partial charge in [0, 0.05) is 37.9 Å². The molecule has 1 saturated heterocycles. The minimum absolute atomic E-state index is 0.0408. The van der Waals surface area contributed by atoms with Crippen molar-refractivity contribution < 1.29 is 13.9 Å². The molecule has 8 nitrogen and oxygen atoms in total. The highest BCUT2D eigenvalue weighted by Gasteiger charge is 2.29. The predicted octanol–water partition coefficient (Wildman–Crippen LogP) is 2.82. The number of carbonyl (C=O) groups excluding carboxylic acids is 1. The fourth-order valence-corrected chi connectivity index (χ4v) is 5.15. The van der Waals surface area contributed by atoms with Gasteiger partial charge in [-0.05, 0) is 49.2 Å². The van der Waals surface area contributed by atoms with Crippen molar-refractivity contribution in [1.82, 2.24) is 25.2 Å². The average Bonchev–Trinajstić information content (AvgIpc) is 2.86. The number of halogens is 1. The summed E-state index contributed by atoms with van der Waals surface area (Å²) in [5, 5.41) is 6.12. The number of anilines is 1. The van der Waals surface area contributed by atoms with Gasteiger partial charge < -0.3 is 15.4 Å². The number of piperidine rings is 1. The Morgan fingerprint density at radius 3 is 3.03 bits per heavy atom. The van der Waals surface area contributed by atoms with Crippen molar-refractivity contribution in [2.24, 2.45) is 0 Å². The third-order valence-corrected chi connectivity index (χ3v) is 7.30. The average molecular weight is 483 g/mol. The lowest BCUT2D eigenvalue weighted by molar-refractivity contribution is -0.113. The lowest BCUT2D eigenvalue weighted by Crippen LogP contribution is -2.51. The highest BCUT2D eigenvalue weighted by molar-refractivity contribution is 8.00. The van der Waals surface area contributed by atoms with Crippen molar-refractivity contribution in [3.05, 3.63) is 47.8 Å². The number of hydrogen-bond acceptors (Lipinski definition) is 8. The van der Waals surface area contributed by atoms with Crippen molar-refractivity contribution in [3.8, 4) is 5.88 Å². The topological polar surface area (TPSA) is 92.3 Å². The molecule has 1 unspecified atom stereocenters. The van der Waals surface area contributed by atoms with Crippen molar-refractivity contribution in [3.63, 3.8) is 0 Å². The number of amides is 1. The van der Waals surface area contributed by atoms with E-state index in [-0.39, 0.29) is 11.9 Å². The maximum absolute atomic E-state index is 15.0. The van der Waals surface area contributed by atoms with Crippen molar-refractivity contribution in [2.75, 3.05) is 37.8 Å². The maximum Gasteiger partial charge on any atom is 0.235 e. The number of likely N-dealkylation sites (tertiary alicyclic amines) is 1. The van der Waals surface area contributed by atoms with Crippen molar-refractivity contribution in [1.29, 1.82) is 0 Å². The molecule has 2 atom stereocenters. The predicted molar refractivity (Wildman–Crippen MR) is 130 cm³/mol. The number of hydrogen-bond donors (Lipinski definition) is 2. The second-order valence-corrected chi connectivity index (χ2v) is 9.54. The van der Waals surface area contributed by atoms with E-state index in [4.69, 9.17) is 4.74 Å². The van der Waals surface area contributed by atoms with E-state index in [1.54, 1.807) is 19.4 Å². The number of aromatic nitrogens is 3. The molecule has 0 bridgehead atoms. The lowest BCUT2D eigenvalue weighted by atomic mass is 10.0. The molecule has 5 heterocycles. The number of fused-ring (bicyclic) bond motifs is 2. The Hall–Kier alpha value is -2.82. The van der Waals surface area contributed by atoms with Crippen LogP contribution in [0.3, 0.4) is 0 Å². The summed E-state index contributed by atoms with van der Waals surface area (Å²) in [5.74, 6) is 1.53. The minimum atomic E-state index is -0.964. The number of alkyl halides is 1. The number of rotatable bonds is 7. The fourth-order valence-electron chi connectivity index (χ4n) is 4.39. The van der Waals surface area contributed by atoms with Crippen LogP contribution in [0.25, 0.3) is 11.0 Å². The van der Waals surface area contributed by atoms with Gasteiger partial charge in [-0.1, -0.05) is 0 Å². The van der Waals surface area contributed by atoms with Crippen LogP contribution in [0.15, 0.2) is 41.4 Å². The molecule has 0 aliphatic carbocycles. The largest absolute Gasteiger partial charge is 0.481 e. The van der Waals surface area contributed by atoms with E-state index in [0.717, 1.165) is 53.1 Å². The van der Waals surface area contributed by atoms with E-state index in [1.807, 2.05) is 24.3 Å². The molecule has 0 spiro atoms. The molecule has 2 aliphatic heterocycles. The minimum Gasteiger partial charge on any atom is -0.481 e. The van der Waals surface area contributed by atoms with Gasteiger partial charge in [-0.25, -0.2) is 14.4 Å². The van der Waals surface area contributed by atoms with Crippen LogP contribution in [-0.2, 0) is 17.8 Å². The molecular weight excluding hydrogens is 455 g/mol. The number of thioether (sulfide) groups is 1. The molecule has 2 N–H and O–H groups in total. The Morgan fingerprint density at radius 1 is 1.26 bits per heavy atom. The maximum atomic E-state index is 15.0. The Morgan fingerprint density at radius 2 is 2.18 bits per heavy atom. The van der Waals surface area contributed by atoms with E-state index < -0.39 is 6.17 Å². The molecule has 5 rings (SSSR count). The van der Waals surface area contributed by atoms with Gasteiger partial charge >= 0.3 is 0 Å². The Bertz CT molecular complexity index is 1200. The number of methoxy groups -OCH3 is 1. The zero-order chi connectivity index (χ0) is 23.5. The normalized spacial score (nSPS) is 20.7. The van der Waals surface area contributed by atoms with Gasteiger partial charge in [-0.3, -0.25) is 14.7 Å². The third kappa shape index (κ3) is 5.13. The summed E-state index contributed by atoms with van der Waals surface area (Å²) in [5.41, 5.74) is 3.55. The lowest BCUT2D eigenvalue weighted by Gasteiger charge is -2.35. The van der Waals surface area contributed by atoms with Crippen LogP contribution < -0.4 is 15.4 Å². The van der Waals surface area contributed by atoms with E-state index in [9.17, 15) is 9.18 Å². The van der Waals surface area contributed by atoms with E-state index >= 15 is 0 Å². The summed E-state index contributed by atoms with van der Waals surface area (Å²) >= 11 is 1.48. The molecule has 0 radical (unpaired) electrons. The third-order valence-electron chi connectivity index (χ3n) is 6.25. The monoisotopic (exact) mass is 482 g/mol. The summed E-state index contributed by atoms with van der Waals surface area (Å²) in [6, 6.07) is 9.36. The molecular formula is C24H27FN6O2S. The zero-order valence-electron chi connectivity index (χ0n) is 19.0. The van der Waals surface area contributed by atoms with Crippen LogP contribution in [0.4, 0.5) is 10.2 Å². The van der Waals surface area contributed by atoms with Gasteiger partial charge in [0.2, 0.25) is 11.8 Å². The second-order valence-electron chi connectivity index (χ2n) is 8.52. The number of nitrogens with one attached hydrogen (secondary N) is 2. The van der Waals surface area contributed by atoms with Gasteiger partial charge in [0.15, 0.2) is 0 Å². The van der Waals surface area contributed by atoms with Crippen molar-refractivity contribution in [2.45, 2.75) is 36.5 Å². The van der Waals surface area contributed by atoms with Crippen LogP contribution in [0.5, 0.6) is 5.88 Å². The smallest absolute Gasteiger partial charge is 0.235 e. The highest BCUT2D eigenvalue weighted by atomic mass is 32.2. The SMILES string of the molecule is COc1ccc2nccc(CCN3CC[C@H](NCc4ccc5c(n4)NC(=O)CS5)C(F)C3)c2n1. The first kappa shape index (κ1) is 22.9. The first-order chi connectivity index (χ1) is 16.6. The molecule has 0 aromatic carbocycles. The Labute approximate surface area is 201 Å².